The summed E-state index contributed by atoms with van der Waals surface area (Å²) in [7, 11) is -3.67. The molecule has 0 radical (unpaired) electrons. The van der Waals surface area contributed by atoms with Gasteiger partial charge in [-0.1, -0.05) is 53.2 Å². The summed E-state index contributed by atoms with van der Waals surface area (Å²) in [5.74, 6) is -0.808. The highest BCUT2D eigenvalue weighted by atomic mass is 32.2. The molecule has 1 fully saturated rings. The van der Waals surface area contributed by atoms with Crippen LogP contribution in [0.25, 0.3) is 10.8 Å². The van der Waals surface area contributed by atoms with Gasteiger partial charge in [0, 0.05) is 31.9 Å². The number of rotatable bonds is 7. The number of anilines is 1. The predicted molar refractivity (Wildman–Crippen MR) is 134 cm³/mol. The molecular weight excluding hydrogens is 468 g/mol. The van der Waals surface area contributed by atoms with Crippen molar-refractivity contribution in [1.82, 2.24) is 9.21 Å². The molecule has 1 aliphatic rings. The highest BCUT2D eigenvalue weighted by Gasteiger charge is 2.30. The number of sulfonamides is 1. The fourth-order valence-corrected chi connectivity index (χ4v) is 5.19. The van der Waals surface area contributed by atoms with Crippen LogP contribution in [0.15, 0.2) is 76.8 Å². The van der Waals surface area contributed by atoms with E-state index in [9.17, 15) is 18.0 Å². The first-order valence-electron chi connectivity index (χ1n) is 11.1. The summed E-state index contributed by atoms with van der Waals surface area (Å²) in [4.78, 5) is 31.0. The molecule has 182 valence electrons. The number of carbonyl (C=O) groups is 2. The quantitative estimate of drug-likeness (QED) is 0.401. The number of carbonyl (C=O) groups excluding carboxylic acids is 2. The van der Waals surface area contributed by atoms with E-state index in [1.54, 1.807) is 30.3 Å². The molecule has 1 aliphatic heterocycles. The molecule has 0 aliphatic carbocycles. The summed E-state index contributed by atoms with van der Waals surface area (Å²) in [5.41, 5.74) is 1.70. The fraction of sp³-hybridized carbons (Fsp3) is 0.240. The van der Waals surface area contributed by atoms with Gasteiger partial charge in [0.25, 0.3) is 11.8 Å². The first-order valence-corrected chi connectivity index (χ1v) is 12.6. The Bertz CT molecular complexity index is 1350. The minimum Gasteiger partial charge on any atom is -0.386 e. The number of nitrogens with one attached hydrogen (secondary N) is 1. The molecule has 0 atom stereocenters. The standard InChI is InChI=1S/C25H26N4O5S/c1-19-6-9-22(10-7-19)27-24(30)17-26-34-18-25(31)28-12-14-29(15-13-28)35(32,33)23-11-8-20-4-2-3-5-21(20)16-23/h2-11,16-17H,12-15,18H2,1H3,(H,27,30)/b26-17+. The van der Waals surface area contributed by atoms with Gasteiger partial charge in [0.15, 0.2) is 6.61 Å². The Morgan fingerprint density at radius 3 is 2.37 bits per heavy atom. The van der Waals surface area contributed by atoms with Crippen molar-refractivity contribution in [3.8, 4) is 0 Å². The molecule has 4 rings (SSSR count). The average molecular weight is 495 g/mol. The molecule has 1 saturated heterocycles. The van der Waals surface area contributed by atoms with E-state index in [0.29, 0.717) is 5.69 Å². The van der Waals surface area contributed by atoms with Crippen LogP contribution in [0.2, 0.25) is 0 Å². The molecule has 0 bridgehead atoms. The second-order valence-corrected chi connectivity index (χ2v) is 10.1. The van der Waals surface area contributed by atoms with Crippen molar-refractivity contribution in [2.24, 2.45) is 5.16 Å². The second kappa shape index (κ2) is 10.7. The van der Waals surface area contributed by atoms with Gasteiger partial charge in [-0.3, -0.25) is 9.59 Å². The molecule has 1 heterocycles. The lowest BCUT2D eigenvalue weighted by atomic mass is 10.1. The zero-order valence-corrected chi connectivity index (χ0v) is 20.1. The molecular formula is C25H26N4O5S. The van der Waals surface area contributed by atoms with Gasteiger partial charge in [0.1, 0.15) is 6.21 Å². The van der Waals surface area contributed by atoms with Crippen LogP contribution in [0.3, 0.4) is 0 Å². The van der Waals surface area contributed by atoms with E-state index in [0.717, 1.165) is 22.6 Å². The molecule has 0 aromatic heterocycles. The number of piperazine rings is 1. The zero-order chi connectivity index (χ0) is 24.8. The molecule has 3 aromatic carbocycles. The Hall–Kier alpha value is -3.76. The number of oxime groups is 1. The van der Waals surface area contributed by atoms with E-state index in [-0.39, 0.29) is 43.6 Å². The van der Waals surface area contributed by atoms with Gasteiger partial charge in [-0.05, 0) is 42.0 Å². The van der Waals surface area contributed by atoms with Crippen LogP contribution in [-0.2, 0) is 24.4 Å². The van der Waals surface area contributed by atoms with Crippen molar-refractivity contribution in [2.75, 3.05) is 38.1 Å². The molecule has 1 N–H and O–H groups in total. The summed E-state index contributed by atoms with van der Waals surface area (Å²) >= 11 is 0. The van der Waals surface area contributed by atoms with Crippen LogP contribution in [0.4, 0.5) is 5.69 Å². The van der Waals surface area contributed by atoms with E-state index >= 15 is 0 Å². The van der Waals surface area contributed by atoms with Gasteiger partial charge in [-0.15, -0.1) is 0 Å². The van der Waals surface area contributed by atoms with E-state index < -0.39 is 15.9 Å². The third kappa shape index (κ3) is 6.03. The largest absolute Gasteiger partial charge is 0.386 e. The number of aryl methyl sites for hydroxylation is 1. The Morgan fingerprint density at radius 1 is 0.971 bits per heavy atom. The Kier molecular flexibility index (Phi) is 7.42. The first-order chi connectivity index (χ1) is 16.8. The van der Waals surface area contributed by atoms with Gasteiger partial charge >= 0.3 is 0 Å². The lowest BCUT2D eigenvalue weighted by Gasteiger charge is -2.33. The van der Waals surface area contributed by atoms with Crippen LogP contribution >= 0.6 is 0 Å². The van der Waals surface area contributed by atoms with Crippen LogP contribution in [0, 0.1) is 6.92 Å². The zero-order valence-electron chi connectivity index (χ0n) is 19.3. The van der Waals surface area contributed by atoms with Crippen molar-refractivity contribution >= 4 is 44.5 Å². The van der Waals surface area contributed by atoms with Crippen molar-refractivity contribution in [3.05, 3.63) is 72.3 Å². The lowest BCUT2D eigenvalue weighted by molar-refractivity contribution is -0.137. The van der Waals surface area contributed by atoms with E-state index in [1.807, 2.05) is 43.3 Å². The maximum Gasteiger partial charge on any atom is 0.270 e. The Morgan fingerprint density at radius 2 is 1.66 bits per heavy atom. The van der Waals surface area contributed by atoms with Gasteiger partial charge in [-0.25, -0.2) is 8.42 Å². The van der Waals surface area contributed by atoms with E-state index in [1.165, 1.54) is 9.21 Å². The topological polar surface area (TPSA) is 108 Å². The van der Waals surface area contributed by atoms with Crippen LogP contribution in [0.1, 0.15) is 5.56 Å². The maximum atomic E-state index is 13.1. The predicted octanol–water partition coefficient (Wildman–Crippen LogP) is 2.62. The SMILES string of the molecule is Cc1ccc(NC(=O)/C=N/OCC(=O)N2CCN(S(=O)(=O)c3ccc4ccccc4c3)CC2)cc1. The van der Waals surface area contributed by atoms with E-state index in [2.05, 4.69) is 10.5 Å². The number of benzene rings is 3. The summed E-state index contributed by atoms with van der Waals surface area (Å²) in [6.45, 7) is 2.46. The number of fused-ring (bicyclic) bond motifs is 1. The summed E-state index contributed by atoms with van der Waals surface area (Å²) < 4.78 is 27.5. The molecule has 0 saturated carbocycles. The second-order valence-electron chi connectivity index (χ2n) is 8.16. The number of nitrogens with zero attached hydrogens (tertiary/aromatic N) is 3. The van der Waals surface area contributed by atoms with Gasteiger partial charge < -0.3 is 15.1 Å². The third-order valence-corrected chi connectivity index (χ3v) is 7.60. The molecule has 3 aromatic rings. The highest BCUT2D eigenvalue weighted by molar-refractivity contribution is 7.89. The fourth-order valence-electron chi connectivity index (χ4n) is 3.74. The van der Waals surface area contributed by atoms with E-state index in [4.69, 9.17) is 4.84 Å². The molecule has 10 heteroatoms. The van der Waals surface area contributed by atoms with Gasteiger partial charge in [0.05, 0.1) is 4.90 Å². The van der Waals surface area contributed by atoms with Crippen LogP contribution in [-0.4, -0.2) is 68.4 Å². The number of hydrogen-bond donors (Lipinski definition) is 1. The van der Waals surface area contributed by atoms with Gasteiger partial charge in [-0.2, -0.15) is 4.31 Å². The number of hydrogen-bond acceptors (Lipinski definition) is 6. The summed E-state index contributed by atoms with van der Waals surface area (Å²) in [6.07, 6.45) is 0.960. The van der Waals surface area contributed by atoms with Crippen LogP contribution < -0.4 is 5.32 Å². The van der Waals surface area contributed by atoms with Gasteiger partial charge in [0.2, 0.25) is 10.0 Å². The highest BCUT2D eigenvalue weighted by Crippen LogP contribution is 2.23. The summed E-state index contributed by atoms with van der Waals surface area (Å²) in [6, 6.07) is 19.9. The third-order valence-electron chi connectivity index (χ3n) is 5.70. The molecule has 0 spiro atoms. The molecule has 9 nitrogen and oxygen atoms in total. The minimum atomic E-state index is -3.67. The van der Waals surface area contributed by atoms with Crippen molar-refractivity contribution in [1.29, 1.82) is 0 Å². The lowest BCUT2D eigenvalue weighted by Crippen LogP contribution is -2.51. The smallest absolute Gasteiger partial charge is 0.270 e. The Labute approximate surface area is 204 Å². The summed E-state index contributed by atoms with van der Waals surface area (Å²) in [5, 5.41) is 8.01. The number of amides is 2. The Balaban J connectivity index is 1.24. The molecule has 2 amide bonds. The molecule has 0 unspecified atom stereocenters. The van der Waals surface area contributed by atoms with Crippen molar-refractivity contribution in [3.63, 3.8) is 0 Å². The maximum absolute atomic E-state index is 13.1. The molecule has 35 heavy (non-hydrogen) atoms. The van der Waals surface area contributed by atoms with Crippen molar-refractivity contribution < 1.29 is 22.8 Å². The first kappa shape index (κ1) is 24.4. The normalized spacial score (nSPS) is 14.8. The minimum absolute atomic E-state index is 0.184. The monoisotopic (exact) mass is 494 g/mol. The van der Waals surface area contributed by atoms with Crippen molar-refractivity contribution in [2.45, 2.75) is 11.8 Å². The van der Waals surface area contributed by atoms with Crippen LogP contribution in [0.5, 0.6) is 0 Å². The average Bonchev–Trinajstić information content (AvgIpc) is 2.87.